The van der Waals surface area contributed by atoms with E-state index < -0.39 is 10.6 Å². The Labute approximate surface area is 216 Å². The Kier molecular flexibility index (Phi) is 5.93. The van der Waals surface area contributed by atoms with E-state index in [2.05, 4.69) is 30.4 Å². The second-order valence-electron chi connectivity index (χ2n) is 7.89. The zero-order valence-corrected chi connectivity index (χ0v) is 20.8. The number of rotatable bonds is 6. The van der Waals surface area contributed by atoms with Crippen LogP contribution in [0, 0.1) is 0 Å². The minimum Gasteiger partial charge on any atom is -0.417 e. The molecule has 6 rings (SSSR count). The summed E-state index contributed by atoms with van der Waals surface area (Å²) in [5, 5.41) is 17.3. The van der Waals surface area contributed by atoms with Gasteiger partial charge in [-0.05, 0) is 36.4 Å². The molecule has 0 unspecified atom stereocenters. The maximum atomic E-state index is 11.6. The summed E-state index contributed by atoms with van der Waals surface area (Å²) in [6, 6.07) is 14.2. The molecule has 11 nitrogen and oxygen atoms in total. The lowest BCUT2D eigenvalue weighted by molar-refractivity contribution is 0.0489. The van der Waals surface area contributed by atoms with Crippen molar-refractivity contribution in [2.75, 3.05) is 13.0 Å². The van der Waals surface area contributed by atoms with E-state index in [1.165, 1.54) is 12.3 Å². The third-order valence-electron chi connectivity index (χ3n) is 5.56. The second kappa shape index (κ2) is 9.41. The topological polar surface area (TPSA) is 134 Å². The van der Waals surface area contributed by atoms with E-state index in [9.17, 15) is 4.79 Å². The van der Waals surface area contributed by atoms with Crippen molar-refractivity contribution in [2.24, 2.45) is 0 Å². The van der Waals surface area contributed by atoms with Crippen molar-refractivity contribution in [3.05, 3.63) is 88.0 Å². The number of aromatic nitrogens is 7. The van der Waals surface area contributed by atoms with Gasteiger partial charge < -0.3 is 9.40 Å². The molecule has 0 aliphatic carbocycles. The molecule has 4 aromatic heterocycles. The monoisotopic (exact) mass is 535 g/mol. The number of H-pyrrole nitrogens is 1. The molecule has 1 saturated heterocycles. The maximum absolute atomic E-state index is 11.6. The molecule has 0 saturated carbocycles. The molecule has 0 spiro atoms. The first-order valence-electron chi connectivity index (χ1n) is 10.9. The summed E-state index contributed by atoms with van der Waals surface area (Å²) < 4.78 is 18.7. The molecule has 0 radical (unpaired) electrons. The fourth-order valence-electron chi connectivity index (χ4n) is 3.64. The van der Waals surface area contributed by atoms with Gasteiger partial charge in [-0.25, -0.2) is 8.37 Å². The van der Waals surface area contributed by atoms with Crippen molar-refractivity contribution in [1.29, 1.82) is 0 Å². The lowest BCUT2D eigenvalue weighted by Gasteiger charge is -2.46. The molecule has 5 heterocycles. The van der Waals surface area contributed by atoms with Gasteiger partial charge in [0.05, 0.1) is 21.8 Å². The molecule has 1 aliphatic rings. The third kappa shape index (κ3) is 4.47. The van der Waals surface area contributed by atoms with Gasteiger partial charge in [0.25, 0.3) is 0 Å². The maximum Gasteiger partial charge on any atom is 0.248 e. The fraction of sp³-hybridized carbons (Fsp3) is 0.0833. The molecule has 37 heavy (non-hydrogen) atoms. The molecule has 1 aromatic carbocycles. The summed E-state index contributed by atoms with van der Waals surface area (Å²) in [5.41, 5.74) is 1.51. The zero-order valence-electron chi connectivity index (χ0n) is 19.2. The van der Waals surface area contributed by atoms with Gasteiger partial charge in [-0.1, -0.05) is 23.7 Å². The Hall–Kier alpha value is -4.10. The van der Waals surface area contributed by atoms with E-state index in [1.807, 2.05) is 36.6 Å². The Morgan fingerprint density at radius 3 is 2.65 bits per heavy atom. The Bertz CT molecular complexity index is 1670. The lowest BCUT2D eigenvalue weighted by atomic mass is 10.2. The highest BCUT2D eigenvalue weighted by Crippen LogP contribution is 2.60. The number of halogens is 1. The van der Waals surface area contributed by atoms with Crippen molar-refractivity contribution in [3.63, 3.8) is 0 Å². The van der Waals surface area contributed by atoms with Crippen LogP contribution in [0.25, 0.3) is 40.8 Å². The number of nitrogens with zero attached hydrogens (tertiary/aromatic N) is 6. The van der Waals surface area contributed by atoms with Crippen molar-refractivity contribution in [2.45, 2.75) is 4.90 Å². The molecule has 0 atom stereocenters. The van der Waals surface area contributed by atoms with E-state index in [1.54, 1.807) is 35.0 Å². The van der Waals surface area contributed by atoms with Crippen LogP contribution in [0.2, 0.25) is 5.02 Å². The van der Waals surface area contributed by atoms with Crippen LogP contribution in [0.15, 0.2) is 75.0 Å². The van der Waals surface area contributed by atoms with Crippen molar-refractivity contribution in [1.82, 2.24) is 34.9 Å². The number of para-hydroxylation sites is 1. The van der Waals surface area contributed by atoms with Gasteiger partial charge in [0.2, 0.25) is 17.3 Å². The van der Waals surface area contributed by atoms with Crippen LogP contribution < -0.4 is 5.56 Å². The summed E-state index contributed by atoms with van der Waals surface area (Å²) in [6.07, 6.45) is 8.45. The quantitative estimate of drug-likeness (QED) is 0.333. The highest BCUT2D eigenvalue weighted by molar-refractivity contribution is 8.26. The highest BCUT2D eigenvalue weighted by Gasteiger charge is 2.28. The van der Waals surface area contributed by atoms with Crippen LogP contribution in [-0.4, -0.2) is 48.0 Å². The van der Waals surface area contributed by atoms with Gasteiger partial charge >= 0.3 is 0 Å². The second-order valence-corrected chi connectivity index (χ2v) is 10.8. The average molecular weight is 536 g/mol. The smallest absolute Gasteiger partial charge is 0.248 e. The average Bonchev–Trinajstić information content (AvgIpc) is 3.54. The van der Waals surface area contributed by atoms with Crippen molar-refractivity contribution in [3.8, 4) is 28.7 Å². The summed E-state index contributed by atoms with van der Waals surface area (Å²) in [4.78, 5) is 19.6. The van der Waals surface area contributed by atoms with Crippen LogP contribution in [-0.2, 0) is 8.37 Å². The molecule has 0 amide bonds. The van der Waals surface area contributed by atoms with Crippen LogP contribution in [0.1, 0.15) is 11.7 Å². The number of hydrogen-bond donors (Lipinski definition) is 1. The fourth-order valence-corrected chi connectivity index (χ4v) is 5.08. The molecule has 186 valence electrons. The van der Waals surface area contributed by atoms with Gasteiger partial charge in [0, 0.05) is 30.2 Å². The van der Waals surface area contributed by atoms with Crippen LogP contribution in [0.5, 0.6) is 0 Å². The number of benzene rings is 1. The predicted molar refractivity (Wildman–Crippen MR) is 138 cm³/mol. The van der Waals surface area contributed by atoms with Gasteiger partial charge in [-0.15, -0.1) is 20.4 Å². The van der Waals surface area contributed by atoms with Crippen molar-refractivity contribution >= 4 is 34.3 Å². The summed E-state index contributed by atoms with van der Waals surface area (Å²) in [7, 11) is -1.72. The molecular formula is C24H18ClN7O4S. The molecule has 1 aliphatic heterocycles. The standard InChI is InChI=1S/C24H18ClN7O4S/c1-37(34-14-35-37)16-6-7-18(27-13-16)23-30-28-20(32(23)19-5-3-2-4-17(19)25)8-9-22-29-31-24(36-22)15-10-11-26-21(33)12-15/h2-13H,14H2,1H3,(H,26,33)/b9-8+. The summed E-state index contributed by atoms with van der Waals surface area (Å²) >= 11 is 6.54. The normalized spacial score (nSPS) is 15.5. The number of pyridine rings is 2. The number of aromatic amines is 1. The molecule has 13 heteroatoms. The zero-order chi connectivity index (χ0) is 25.4. The van der Waals surface area contributed by atoms with Crippen LogP contribution >= 0.6 is 22.2 Å². The van der Waals surface area contributed by atoms with Gasteiger partial charge in [0.15, 0.2) is 18.4 Å². The molecular weight excluding hydrogens is 518 g/mol. The predicted octanol–water partition coefficient (Wildman–Crippen LogP) is 4.52. The van der Waals surface area contributed by atoms with Crippen LogP contribution in [0.3, 0.4) is 0 Å². The SMILES string of the molecule is CS1(c2ccc(-c3nnc(/C=C/c4nnc(-c5cc[nH]c(=O)c5)o4)n3-c3ccccc3Cl)nc2)OCO1. The third-order valence-corrected chi connectivity index (χ3v) is 8.07. The van der Waals surface area contributed by atoms with E-state index in [-0.39, 0.29) is 24.1 Å². The van der Waals surface area contributed by atoms with Crippen LogP contribution in [0.4, 0.5) is 0 Å². The minimum atomic E-state index is -1.72. The Balaban J connectivity index is 1.37. The molecule has 0 bridgehead atoms. The van der Waals surface area contributed by atoms with E-state index >= 15 is 0 Å². The molecule has 5 aromatic rings. The first-order chi connectivity index (χ1) is 18.0. The van der Waals surface area contributed by atoms with Gasteiger partial charge in [-0.3, -0.25) is 14.3 Å². The summed E-state index contributed by atoms with van der Waals surface area (Å²) in [5.74, 6) is 1.40. The number of nitrogens with one attached hydrogen (secondary N) is 1. The van der Waals surface area contributed by atoms with E-state index in [0.29, 0.717) is 33.6 Å². The van der Waals surface area contributed by atoms with E-state index in [4.69, 9.17) is 24.4 Å². The largest absolute Gasteiger partial charge is 0.417 e. The first-order valence-corrected chi connectivity index (χ1v) is 13.2. The molecule has 1 fully saturated rings. The van der Waals surface area contributed by atoms with Gasteiger partial charge in [0.1, 0.15) is 5.69 Å². The lowest BCUT2D eigenvalue weighted by Crippen LogP contribution is -2.20. The minimum absolute atomic E-state index is 0.221. The highest BCUT2D eigenvalue weighted by atomic mass is 35.5. The first kappa shape index (κ1) is 23.3. The number of hydrogen-bond acceptors (Lipinski definition) is 9. The Morgan fingerprint density at radius 1 is 1.05 bits per heavy atom. The summed E-state index contributed by atoms with van der Waals surface area (Å²) in [6.45, 7) is 0.287. The van der Waals surface area contributed by atoms with Crippen molar-refractivity contribution < 1.29 is 12.8 Å². The Morgan fingerprint density at radius 2 is 1.92 bits per heavy atom. The van der Waals surface area contributed by atoms with E-state index in [0.717, 1.165) is 4.90 Å². The molecule has 1 N–H and O–H groups in total. The van der Waals surface area contributed by atoms with Gasteiger partial charge in [-0.2, -0.15) is 10.6 Å².